The predicted octanol–water partition coefficient (Wildman–Crippen LogP) is 8.25. The number of allylic oxidation sites excluding steroid dienone is 15. The van der Waals surface area contributed by atoms with E-state index in [2.05, 4.69) is 86.6 Å². The van der Waals surface area contributed by atoms with Gasteiger partial charge in [0.2, 0.25) is 0 Å². The van der Waals surface area contributed by atoms with Crippen LogP contribution in [0.25, 0.3) is 0 Å². The zero-order chi connectivity index (χ0) is 27.5. The summed E-state index contributed by atoms with van der Waals surface area (Å²) < 4.78 is 11.9. The fraction of sp³-hybridized carbons (Fsp3) is 0.432. The molecule has 3 heterocycles. The van der Waals surface area contributed by atoms with Crippen molar-refractivity contribution in [2.75, 3.05) is 26.4 Å². The van der Waals surface area contributed by atoms with E-state index in [1.165, 1.54) is 22.4 Å². The van der Waals surface area contributed by atoms with E-state index in [-0.39, 0.29) is 0 Å². The van der Waals surface area contributed by atoms with Crippen LogP contribution < -0.4 is 0 Å². The molecule has 3 aliphatic carbocycles. The third kappa shape index (κ3) is 5.80. The van der Waals surface area contributed by atoms with Crippen molar-refractivity contribution >= 4 is 5.71 Å². The van der Waals surface area contributed by atoms with Gasteiger partial charge in [-0.25, -0.2) is 4.99 Å². The zero-order valence-electron chi connectivity index (χ0n) is 24.0. The first-order valence-corrected chi connectivity index (χ1v) is 15.2. The molecule has 4 atom stereocenters. The molecular formula is C37H41NO2. The lowest BCUT2D eigenvalue weighted by molar-refractivity contribution is 0.115. The molecule has 40 heavy (non-hydrogen) atoms. The smallest absolute Gasteiger partial charge is 0.0859 e. The van der Waals surface area contributed by atoms with Crippen LogP contribution in [0.2, 0.25) is 0 Å². The Morgan fingerprint density at radius 1 is 0.950 bits per heavy atom. The Labute approximate surface area is 239 Å². The van der Waals surface area contributed by atoms with Gasteiger partial charge in [-0.15, -0.1) is 5.73 Å². The van der Waals surface area contributed by atoms with E-state index < -0.39 is 0 Å². The van der Waals surface area contributed by atoms with Crippen molar-refractivity contribution in [2.24, 2.45) is 28.7 Å². The van der Waals surface area contributed by atoms with Crippen LogP contribution in [0.15, 0.2) is 122 Å². The summed E-state index contributed by atoms with van der Waals surface area (Å²) in [7, 11) is 0. The van der Waals surface area contributed by atoms with Crippen LogP contribution in [0, 0.1) is 23.7 Å². The fourth-order valence-corrected chi connectivity index (χ4v) is 6.73. The molecule has 0 saturated carbocycles. The molecule has 2 fully saturated rings. The maximum Gasteiger partial charge on any atom is 0.0859 e. The normalized spacial score (nSPS) is 30.7. The number of nitrogens with zero attached hydrogens (tertiary/aromatic N) is 1. The molecule has 2 saturated heterocycles. The minimum absolute atomic E-state index is 0.344. The zero-order valence-corrected chi connectivity index (χ0v) is 24.0. The predicted molar refractivity (Wildman–Crippen MR) is 164 cm³/mol. The molecule has 0 spiro atoms. The standard InChI is InChI=1S/C37H41NO2/c1-25-20-32(17-19-40-23-25)37-35-15-14-33(30-11-6-10-28-8-4-5-9-29(28)22-30)26(2)21-31(35)13-16-36(38-37)34-12-7-18-39-24-27(34)3/h5,9-11,13-15,21-22,25,27,32,34H,2,4,7-8,12,17-20,23-24H2,1,3H3/t25-,27+,32?,34?/m1/s1. The van der Waals surface area contributed by atoms with Gasteiger partial charge in [0.25, 0.3) is 0 Å². The van der Waals surface area contributed by atoms with Gasteiger partial charge in [0.1, 0.15) is 0 Å². The van der Waals surface area contributed by atoms with Crippen molar-refractivity contribution in [2.45, 2.75) is 52.4 Å². The molecule has 0 amide bonds. The lowest BCUT2D eigenvalue weighted by Gasteiger charge is -2.24. The largest absolute Gasteiger partial charge is 0.381 e. The molecule has 2 unspecified atom stereocenters. The maximum atomic E-state index is 5.97. The number of aliphatic imine (C=N–C) groups is 1. The Hall–Kier alpha value is -3.19. The van der Waals surface area contributed by atoms with Crippen LogP contribution in [0.1, 0.15) is 52.4 Å². The highest BCUT2D eigenvalue weighted by Crippen LogP contribution is 2.38. The molecule has 0 radical (unpaired) electrons. The summed E-state index contributed by atoms with van der Waals surface area (Å²) in [6.45, 7) is 12.4. The second-order valence-electron chi connectivity index (χ2n) is 12.1. The third-order valence-corrected chi connectivity index (χ3v) is 8.97. The third-order valence-electron chi connectivity index (χ3n) is 8.97. The summed E-state index contributed by atoms with van der Waals surface area (Å²) in [5.41, 5.74) is 17.6. The van der Waals surface area contributed by atoms with Gasteiger partial charge in [-0.1, -0.05) is 50.5 Å². The number of hydrogen-bond acceptors (Lipinski definition) is 3. The first kappa shape index (κ1) is 27.0. The highest BCUT2D eigenvalue weighted by molar-refractivity contribution is 6.07. The van der Waals surface area contributed by atoms with Gasteiger partial charge in [-0.2, -0.15) is 0 Å². The Morgan fingerprint density at radius 3 is 2.73 bits per heavy atom. The van der Waals surface area contributed by atoms with Crippen LogP contribution in [-0.2, 0) is 9.47 Å². The van der Waals surface area contributed by atoms with Gasteiger partial charge < -0.3 is 9.47 Å². The lowest BCUT2D eigenvalue weighted by atomic mass is 9.84. The SMILES string of the molecule is C=C1C=C2C=C=C(C3CCCOC[C@@H]3C)N=C(C3CCOC[C@H](C)C3)C2=CC=C1C1=CC2=C(C=C=C1)CCC=C2. The topological polar surface area (TPSA) is 30.8 Å². The summed E-state index contributed by atoms with van der Waals surface area (Å²) in [5, 5.41) is 0. The minimum Gasteiger partial charge on any atom is -0.381 e. The molecule has 3 heteroatoms. The average molecular weight is 532 g/mol. The molecule has 3 aliphatic heterocycles. The van der Waals surface area contributed by atoms with Crippen LogP contribution in [0.4, 0.5) is 0 Å². The molecule has 3 nitrogen and oxygen atoms in total. The van der Waals surface area contributed by atoms with Crippen molar-refractivity contribution in [3.63, 3.8) is 0 Å². The Bertz CT molecular complexity index is 1420. The molecule has 0 aromatic carbocycles. The van der Waals surface area contributed by atoms with Crippen LogP contribution in [0.3, 0.4) is 0 Å². The molecule has 0 bridgehead atoms. The lowest BCUT2D eigenvalue weighted by Crippen LogP contribution is -2.22. The van der Waals surface area contributed by atoms with Gasteiger partial charge in [-0.05, 0) is 114 Å². The van der Waals surface area contributed by atoms with E-state index in [1.54, 1.807) is 0 Å². The summed E-state index contributed by atoms with van der Waals surface area (Å²) in [6, 6.07) is 0. The number of hydrogen-bond donors (Lipinski definition) is 0. The number of ether oxygens (including phenoxy) is 2. The van der Waals surface area contributed by atoms with Crippen LogP contribution >= 0.6 is 0 Å². The van der Waals surface area contributed by atoms with Crippen molar-refractivity contribution < 1.29 is 9.47 Å². The number of rotatable bonds is 3. The molecule has 6 rings (SSSR count). The van der Waals surface area contributed by atoms with E-state index in [9.17, 15) is 0 Å². The second kappa shape index (κ2) is 12.1. The van der Waals surface area contributed by atoms with E-state index in [0.29, 0.717) is 23.7 Å². The van der Waals surface area contributed by atoms with E-state index in [4.69, 9.17) is 14.5 Å². The van der Waals surface area contributed by atoms with Crippen LogP contribution in [-0.4, -0.2) is 32.1 Å². The van der Waals surface area contributed by atoms with E-state index in [0.717, 1.165) is 92.9 Å². The molecule has 0 aromatic rings. The summed E-state index contributed by atoms with van der Waals surface area (Å²) in [4.78, 5) is 5.50. The Morgan fingerprint density at radius 2 is 1.80 bits per heavy atom. The molecule has 0 aromatic heterocycles. The molecule has 6 aliphatic rings. The molecular weight excluding hydrogens is 490 g/mol. The Balaban J connectivity index is 1.44. The van der Waals surface area contributed by atoms with Crippen molar-refractivity contribution in [3.05, 3.63) is 117 Å². The first-order valence-electron chi connectivity index (χ1n) is 15.2. The fourth-order valence-electron chi connectivity index (χ4n) is 6.73. The number of fused-ring (bicyclic) bond motifs is 1. The summed E-state index contributed by atoms with van der Waals surface area (Å²) in [5.74, 6) is 1.62. The second-order valence-corrected chi connectivity index (χ2v) is 12.1. The highest BCUT2D eigenvalue weighted by Gasteiger charge is 2.31. The minimum atomic E-state index is 0.344. The van der Waals surface area contributed by atoms with E-state index in [1.807, 2.05) is 0 Å². The first-order chi connectivity index (χ1) is 19.6. The summed E-state index contributed by atoms with van der Waals surface area (Å²) >= 11 is 0. The van der Waals surface area contributed by atoms with Crippen molar-refractivity contribution in [1.82, 2.24) is 0 Å². The van der Waals surface area contributed by atoms with Gasteiger partial charge in [0.05, 0.1) is 11.4 Å². The highest BCUT2D eigenvalue weighted by atomic mass is 16.5. The van der Waals surface area contributed by atoms with Gasteiger partial charge >= 0.3 is 0 Å². The molecule has 206 valence electrons. The quantitative estimate of drug-likeness (QED) is 0.343. The van der Waals surface area contributed by atoms with E-state index >= 15 is 0 Å². The summed E-state index contributed by atoms with van der Waals surface area (Å²) in [6.07, 6.45) is 26.4. The van der Waals surface area contributed by atoms with Crippen molar-refractivity contribution in [1.29, 1.82) is 0 Å². The van der Waals surface area contributed by atoms with Gasteiger partial charge in [-0.3, -0.25) is 0 Å². The maximum absolute atomic E-state index is 5.97. The van der Waals surface area contributed by atoms with Gasteiger partial charge in [0.15, 0.2) is 0 Å². The van der Waals surface area contributed by atoms with Crippen LogP contribution in [0.5, 0.6) is 0 Å². The van der Waals surface area contributed by atoms with Gasteiger partial charge in [0, 0.05) is 43.8 Å². The monoisotopic (exact) mass is 531 g/mol. The average Bonchev–Trinajstić information content (AvgIpc) is 3.49. The molecule has 0 N–H and O–H groups in total. The Kier molecular flexibility index (Phi) is 8.19. The van der Waals surface area contributed by atoms with Crippen molar-refractivity contribution in [3.8, 4) is 0 Å².